The Morgan fingerprint density at radius 1 is 0.548 bits per heavy atom. The Hall–Kier alpha value is -5.03. The zero-order chi connectivity index (χ0) is 29.4. The predicted octanol–water partition coefficient (Wildman–Crippen LogP) is 3.86. The van der Waals surface area contributed by atoms with Gasteiger partial charge in [0.05, 0.1) is 23.0 Å². The summed E-state index contributed by atoms with van der Waals surface area (Å²) in [5.74, 6) is -2.30. The number of benzene rings is 4. The molecule has 0 aliphatic rings. The second-order valence-electron chi connectivity index (χ2n) is 9.10. The van der Waals surface area contributed by atoms with Crippen LogP contribution in [0.4, 0.5) is 0 Å². The fraction of sp³-hybridized carbons (Fsp3) is 0.0588. The predicted molar refractivity (Wildman–Crippen MR) is 159 cm³/mol. The van der Waals surface area contributed by atoms with E-state index in [-0.39, 0.29) is 34.2 Å². The summed E-state index contributed by atoms with van der Waals surface area (Å²) in [6.45, 7) is 3.65. The van der Waals surface area contributed by atoms with Crippen molar-refractivity contribution in [2.24, 2.45) is 0 Å². The first-order chi connectivity index (χ1) is 19.7. The van der Waals surface area contributed by atoms with Crippen molar-refractivity contribution >= 4 is 51.1 Å². The number of pyridine rings is 2. The van der Waals surface area contributed by atoms with Gasteiger partial charge in [-0.1, -0.05) is 103 Å². The Morgan fingerprint density at radius 2 is 1.00 bits per heavy atom. The van der Waals surface area contributed by atoms with E-state index in [9.17, 15) is 24.9 Å². The van der Waals surface area contributed by atoms with Crippen molar-refractivity contribution in [1.29, 1.82) is 0 Å². The molecule has 42 heavy (non-hydrogen) atoms. The summed E-state index contributed by atoms with van der Waals surface area (Å²) in [5, 5.41) is 34.6. The van der Waals surface area contributed by atoms with E-state index in [0.29, 0.717) is 11.0 Å². The van der Waals surface area contributed by atoms with Crippen LogP contribution in [0.15, 0.2) is 115 Å². The normalized spacial score (nSPS) is 9.95. The summed E-state index contributed by atoms with van der Waals surface area (Å²) in [6, 6.07) is 34.2. The second-order valence-corrected chi connectivity index (χ2v) is 9.10. The van der Waals surface area contributed by atoms with Crippen LogP contribution < -0.4 is 15.3 Å². The molecule has 6 aromatic rings. The first kappa shape index (κ1) is 31.5. The maximum absolute atomic E-state index is 11.4. The Kier molecular flexibility index (Phi) is 10.9. The number of carbonyl (C=O) groups is 2. The van der Waals surface area contributed by atoms with E-state index >= 15 is 0 Å². The van der Waals surface area contributed by atoms with E-state index in [1.54, 1.807) is 24.3 Å². The molecule has 0 amide bonds. The molecule has 0 fully saturated rings. The Labute approximate surface area is 253 Å². The SMILES string of the molecule is Cc1ccc2cccc(C(=O)[O-])c2n1.Cc1ccc2cccc(C(=O)[O-])c2n1.[Al+3].[O-]c1ccccc1-c1ccccc1. The van der Waals surface area contributed by atoms with Crippen LogP contribution in [0.3, 0.4) is 0 Å². The van der Waals surface area contributed by atoms with Gasteiger partial charge in [0.1, 0.15) is 0 Å². The standard InChI is InChI=1S/C12H10O.2C11H9NO2.Al/c13-12-9-5-4-8-11(12)10-6-2-1-3-7-10;2*1-7-5-6-8-3-2-4-9(11(13)14)10(8)12-7;/h1-9,13H;2*2-6H,1H3,(H,13,14);/q;;;+3/p-3. The number of carboxylic acids is 2. The van der Waals surface area contributed by atoms with Gasteiger partial charge in [-0.3, -0.25) is 9.97 Å². The third kappa shape index (κ3) is 7.79. The molecule has 4 aromatic carbocycles. The van der Waals surface area contributed by atoms with Gasteiger partial charge in [0.15, 0.2) is 0 Å². The quantitative estimate of drug-likeness (QED) is 0.297. The fourth-order valence-corrected chi connectivity index (χ4v) is 4.14. The van der Waals surface area contributed by atoms with E-state index in [0.717, 1.165) is 33.3 Å². The summed E-state index contributed by atoms with van der Waals surface area (Å²) in [7, 11) is 0. The molecule has 2 aromatic heterocycles. The van der Waals surface area contributed by atoms with Crippen LogP contribution in [-0.2, 0) is 0 Å². The summed E-state index contributed by atoms with van der Waals surface area (Å²) in [6.07, 6.45) is 0. The molecule has 2 heterocycles. The Morgan fingerprint density at radius 3 is 1.45 bits per heavy atom. The number of hydrogen-bond donors (Lipinski definition) is 0. The van der Waals surface area contributed by atoms with Gasteiger partial charge in [0, 0.05) is 33.3 Å². The topological polar surface area (TPSA) is 129 Å². The molecule has 7 nitrogen and oxygen atoms in total. The van der Waals surface area contributed by atoms with Gasteiger partial charge in [-0.05, 0) is 37.1 Å². The maximum atomic E-state index is 11.4. The molecular weight excluding hydrogens is 543 g/mol. The van der Waals surface area contributed by atoms with Crippen LogP contribution in [0, 0.1) is 13.8 Å². The average molecular weight is 569 g/mol. The first-order valence-corrected chi connectivity index (χ1v) is 12.7. The van der Waals surface area contributed by atoms with Crippen molar-refractivity contribution < 1.29 is 24.9 Å². The van der Waals surface area contributed by atoms with Crippen molar-refractivity contribution in [2.45, 2.75) is 13.8 Å². The van der Waals surface area contributed by atoms with E-state index in [2.05, 4.69) is 9.97 Å². The number of carboxylic acid groups (broad SMARTS) is 2. The number of carbonyl (C=O) groups excluding carboxylic acids is 2. The Bertz CT molecular complexity index is 1750. The molecular formula is C34H25AlN2O5. The summed E-state index contributed by atoms with van der Waals surface area (Å²) < 4.78 is 0. The van der Waals surface area contributed by atoms with Gasteiger partial charge in [-0.2, -0.15) is 0 Å². The van der Waals surface area contributed by atoms with Gasteiger partial charge < -0.3 is 24.9 Å². The third-order valence-electron chi connectivity index (χ3n) is 6.13. The van der Waals surface area contributed by atoms with Gasteiger partial charge in [-0.25, -0.2) is 0 Å². The van der Waals surface area contributed by atoms with E-state index < -0.39 is 11.9 Å². The molecule has 8 heteroatoms. The van der Waals surface area contributed by atoms with Crippen molar-refractivity contribution in [1.82, 2.24) is 9.97 Å². The van der Waals surface area contributed by atoms with Gasteiger partial charge >= 0.3 is 17.4 Å². The van der Waals surface area contributed by atoms with Crippen LogP contribution >= 0.6 is 0 Å². The van der Waals surface area contributed by atoms with Crippen molar-refractivity contribution in [2.75, 3.05) is 0 Å². The third-order valence-corrected chi connectivity index (χ3v) is 6.13. The minimum Gasteiger partial charge on any atom is -0.872 e. The van der Waals surface area contributed by atoms with Crippen LogP contribution in [0.1, 0.15) is 32.1 Å². The average Bonchev–Trinajstić information content (AvgIpc) is 2.97. The zero-order valence-corrected chi connectivity index (χ0v) is 24.1. The molecule has 204 valence electrons. The van der Waals surface area contributed by atoms with Crippen LogP contribution in [0.25, 0.3) is 32.9 Å². The Balaban J connectivity index is 0.000000171. The number of hydrogen-bond acceptors (Lipinski definition) is 7. The van der Waals surface area contributed by atoms with Gasteiger partial charge in [0.25, 0.3) is 0 Å². The molecule has 6 rings (SSSR count). The molecule has 0 radical (unpaired) electrons. The largest absolute Gasteiger partial charge is 3.00 e. The van der Waals surface area contributed by atoms with Crippen LogP contribution in [0.5, 0.6) is 5.75 Å². The number of para-hydroxylation sites is 3. The van der Waals surface area contributed by atoms with Gasteiger partial charge in [0.2, 0.25) is 0 Å². The molecule has 0 saturated heterocycles. The zero-order valence-electron chi connectivity index (χ0n) is 23.0. The second kappa shape index (κ2) is 14.6. The first-order valence-electron chi connectivity index (χ1n) is 12.7. The number of rotatable bonds is 3. The maximum Gasteiger partial charge on any atom is 3.00 e. The number of aryl methyl sites for hydroxylation is 2. The molecule has 0 aliphatic carbocycles. The minimum absolute atomic E-state index is 0. The van der Waals surface area contributed by atoms with E-state index in [1.807, 2.05) is 92.7 Å². The molecule has 0 saturated carbocycles. The number of aromatic nitrogens is 2. The minimum atomic E-state index is -1.19. The molecule has 0 atom stereocenters. The summed E-state index contributed by atoms with van der Waals surface area (Å²) in [4.78, 5) is 29.9. The molecule has 0 N–H and O–H groups in total. The van der Waals surface area contributed by atoms with E-state index in [1.165, 1.54) is 12.1 Å². The monoisotopic (exact) mass is 568 g/mol. The van der Waals surface area contributed by atoms with Crippen LogP contribution in [0.2, 0.25) is 0 Å². The fourth-order valence-electron chi connectivity index (χ4n) is 4.14. The van der Waals surface area contributed by atoms with Crippen molar-refractivity contribution in [3.05, 3.63) is 138 Å². The molecule has 0 unspecified atom stereocenters. The molecule has 0 spiro atoms. The smallest absolute Gasteiger partial charge is 0.872 e. The van der Waals surface area contributed by atoms with Crippen LogP contribution in [-0.4, -0.2) is 39.3 Å². The summed E-state index contributed by atoms with van der Waals surface area (Å²) >= 11 is 0. The molecule has 0 aliphatic heterocycles. The van der Waals surface area contributed by atoms with E-state index in [4.69, 9.17) is 0 Å². The van der Waals surface area contributed by atoms with Crippen molar-refractivity contribution in [3.8, 4) is 16.9 Å². The number of nitrogens with zero attached hydrogens (tertiary/aromatic N) is 2. The number of aromatic carboxylic acids is 2. The van der Waals surface area contributed by atoms with Crippen molar-refractivity contribution in [3.63, 3.8) is 0 Å². The molecule has 0 bridgehead atoms. The van der Waals surface area contributed by atoms with Gasteiger partial charge in [-0.15, -0.1) is 5.75 Å². The number of fused-ring (bicyclic) bond motifs is 2. The summed E-state index contributed by atoms with van der Waals surface area (Å²) in [5.41, 5.74) is 4.62.